The van der Waals surface area contributed by atoms with E-state index in [1.807, 2.05) is 43.3 Å². The van der Waals surface area contributed by atoms with E-state index in [1.54, 1.807) is 6.20 Å². The van der Waals surface area contributed by atoms with E-state index >= 15 is 0 Å². The second kappa shape index (κ2) is 11.0. The highest BCUT2D eigenvalue weighted by molar-refractivity contribution is 6.32. The highest BCUT2D eigenvalue weighted by Gasteiger charge is 2.25. The molecule has 0 radical (unpaired) electrons. The molecule has 5 rings (SSSR count). The molecule has 188 valence electrons. The molecule has 1 aromatic heterocycles. The lowest BCUT2D eigenvalue weighted by Gasteiger charge is -2.32. The molecule has 0 saturated carbocycles. The number of amides is 1. The summed E-state index contributed by atoms with van der Waals surface area (Å²) < 4.78 is 5.94. The molecule has 0 unspecified atom stereocenters. The lowest BCUT2D eigenvalue weighted by Crippen LogP contribution is -2.44. The van der Waals surface area contributed by atoms with E-state index in [0.717, 1.165) is 85.4 Å². The number of carbonyl (C=O) groups is 1. The first-order valence-electron chi connectivity index (χ1n) is 12.6. The zero-order valence-corrected chi connectivity index (χ0v) is 21.0. The maximum absolute atomic E-state index is 12.4. The summed E-state index contributed by atoms with van der Waals surface area (Å²) in [4.78, 5) is 17.3. The van der Waals surface area contributed by atoms with Crippen molar-refractivity contribution in [1.82, 2.24) is 20.0 Å². The number of hydrogen-bond acceptors (Lipinski definition) is 6. The number of anilines is 2. The van der Waals surface area contributed by atoms with Gasteiger partial charge in [-0.15, -0.1) is 0 Å². The number of nitrogens with zero attached hydrogens (tertiary/aromatic N) is 3. The van der Waals surface area contributed by atoms with Gasteiger partial charge in [0, 0.05) is 62.7 Å². The first-order valence-corrected chi connectivity index (χ1v) is 12.6. The van der Waals surface area contributed by atoms with Crippen LogP contribution in [-0.2, 0) is 11.2 Å². The van der Waals surface area contributed by atoms with E-state index in [0.29, 0.717) is 12.0 Å². The van der Waals surface area contributed by atoms with Crippen LogP contribution in [0.25, 0.3) is 5.57 Å². The molecule has 2 aromatic carbocycles. The molecule has 8 heteroatoms. The van der Waals surface area contributed by atoms with E-state index in [4.69, 9.17) is 4.74 Å². The van der Waals surface area contributed by atoms with Crippen molar-refractivity contribution in [3.8, 4) is 5.75 Å². The van der Waals surface area contributed by atoms with Gasteiger partial charge in [0.15, 0.2) is 0 Å². The smallest absolute Gasteiger partial charge is 0.257 e. The molecular weight excluding hydrogens is 452 g/mol. The molecule has 2 aliphatic heterocycles. The third kappa shape index (κ3) is 5.78. The summed E-state index contributed by atoms with van der Waals surface area (Å²) in [7, 11) is 2.18. The zero-order valence-electron chi connectivity index (χ0n) is 21.0. The van der Waals surface area contributed by atoms with Gasteiger partial charge in [-0.2, -0.15) is 5.10 Å². The largest absolute Gasteiger partial charge is 0.494 e. The molecule has 0 atom stereocenters. The SMILES string of the molecule is Cc1cccc2c1C(=CNc1cc(Cc3ccc(OCCCN4CCN(C)CC4)cc3)n[nH]1)C(=O)N2. The van der Waals surface area contributed by atoms with Crippen molar-refractivity contribution in [2.24, 2.45) is 0 Å². The molecule has 2 aliphatic rings. The minimum Gasteiger partial charge on any atom is -0.494 e. The molecule has 1 saturated heterocycles. The highest BCUT2D eigenvalue weighted by Crippen LogP contribution is 2.34. The number of H-pyrrole nitrogens is 1. The molecular formula is C28H34N6O2. The Hall–Kier alpha value is -3.62. The summed E-state index contributed by atoms with van der Waals surface area (Å²) in [6, 6.07) is 16.1. The number of fused-ring (bicyclic) bond motifs is 1. The van der Waals surface area contributed by atoms with E-state index in [9.17, 15) is 4.79 Å². The van der Waals surface area contributed by atoms with E-state index in [1.165, 1.54) is 0 Å². The Labute approximate surface area is 212 Å². The summed E-state index contributed by atoms with van der Waals surface area (Å²) in [6.07, 6.45) is 3.49. The lowest BCUT2D eigenvalue weighted by molar-refractivity contribution is -0.110. The maximum atomic E-state index is 12.4. The van der Waals surface area contributed by atoms with Crippen molar-refractivity contribution >= 4 is 23.0 Å². The number of nitrogens with one attached hydrogen (secondary N) is 3. The van der Waals surface area contributed by atoms with Crippen LogP contribution >= 0.6 is 0 Å². The van der Waals surface area contributed by atoms with E-state index in [2.05, 4.69) is 49.8 Å². The van der Waals surface area contributed by atoms with Crippen molar-refractivity contribution < 1.29 is 9.53 Å². The minimum absolute atomic E-state index is 0.104. The van der Waals surface area contributed by atoms with Gasteiger partial charge < -0.3 is 25.2 Å². The summed E-state index contributed by atoms with van der Waals surface area (Å²) in [6.45, 7) is 8.43. The number of carbonyl (C=O) groups excluding carboxylic acids is 1. The second-order valence-corrected chi connectivity index (χ2v) is 9.59. The number of benzene rings is 2. The first-order chi connectivity index (χ1) is 17.5. The zero-order chi connectivity index (χ0) is 24.9. The van der Waals surface area contributed by atoms with E-state index in [-0.39, 0.29) is 5.91 Å². The molecule has 1 amide bonds. The van der Waals surface area contributed by atoms with Gasteiger partial charge in [-0.1, -0.05) is 24.3 Å². The molecule has 3 aromatic rings. The summed E-state index contributed by atoms with van der Waals surface area (Å²) in [5, 5.41) is 13.5. The summed E-state index contributed by atoms with van der Waals surface area (Å²) >= 11 is 0. The number of likely N-dealkylation sites (N-methyl/N-ethyl adjacent to an activating group) is 1. The van der Waals surface area contributed by atoms with Gasteiger partial charge in [0.1, 0.15) is 11.6 Å². The fourth-order valence-electron chi connectivity index (χ4n) is 4.71. The summed E-state index contributed by atoms with van der Waals surface area (Å²) in [5.74, 6) is 1.54. The quantitative estimate of drug-likeness (QED) is 0.316. The van der Waals surface area contributed by atoms with Crippen LogP contribution in [-0.4, -0.2) is 72.3 Å². The van der Waals surface area contributed by atoms with Gasteiger partial charge >= 0.3 is 0 Å². The van der Waals surface area contributed by atoms with Crippen LogP contribution in [0.1, 0.15) is 28.8 Å². The Balaban J connectivity index is 1.10. The molecule has 8 nitrogen and oxygen atoms in total. The Morgan fingerprint density at radius 1 is 1.11 bits per heavy atom. The van der Waals surface area contributed by atoms with Crippen LogP contribution in [0.15, 0.2) is 54.7 Å². The number of aromatic amines is 1. The number of hydrogen-bond donors (Lipinski definition) is 3. The Morgan fingerprint density at radius 2 is 1.92 bits per heavy atom. The average Bonchev–Trinajstić information content (AvgIpc) is 3.46. The number of ether oxygens (including phenoxy) is 1. The third-order valence-electron chi connectivity index (χ3n) is 6.83. The molecule has 3 N–H and O–H groups in total. The van der Waals surface area contributed by atoms with Crippen LogP contribution in [0.2, 0.25) is 0 Å². The van der Waals surface area contributed by atoms with Crippen LogP contribution < -0.4 is 15.4 Å². The van der Waals surface area contributed by atoms with Gasteiger partial charge in [0.2, 0.25) is 0 Å². The number of aromatic nitrogens is 2. The second-order valence-electron chi connectivity index (χ2n) is 9.59. The lowest BCUT2D eigenvalue weighted by atomic mass is 10.0. The van der Waals surface area contributed by atoms with Crippen molar-refractivity contribution in [3.05, 3.63) is 77.1 Å². The maximum Gasteiger partial charge on any atom is 0.257 e. The Bertz CT molecular complexity index is 1230. The molecule has 0 bridgehead atoms. The Morgan fingerprint density at radius 3 is 2.72 bits per heavy atom. The van der Waals surface area contributed by atoms with Gasteiger partial charge in [-0.3, -0.25) is 9.89 Å². The molecule has 36 heavy (non-hydrogen) atoms. The fourth-order valence-corrected chi connectivity index (χ4v) is 4.71. The standard InChI is InChI=1S/C28H34N6O2/c1-20-5-3-6-25-27(20)24(28(35)30-25)19-29-26-18-22(31-32-26)17-21-7-9-23(10-8-21)36-16-4-11-34-14-12-33(2)13-15-34/h3,5-10,18-19H,4,11-17H2,1-2H3,(H,30,35)(H2,29,31,32). The molecule has 1 fully saturated rings. The van der Waals surface area contributed by atoms with E-state index < -0.39 is 0 Å². The van der Waals surface area contributed by atoms with Crippen LogP contribution in [0.4, 0.5) is 11.5 Å². The number of piperazine rings is 1. The highest BCUT2D eigenvalue weighted by atomic mass is 16.5. The molecule has 0 spiro atoms. The molecule has 3 heterocycles. The topological polar surface area (TPSA) is 85.5 Å². The van der Waals surface area contributed by atoms with Gasteiger partial charge in [0.25, 0.3) is 5.91 Å². The monoisotopic (exact) mass is 486 g/mol. The summed E-state index contributed by atoms with van der Waals surface area (Å²) in [5.41, 5.74) is 5.56. The Kier molecular flexibility index (Phi) is 7.34. The minimum atomic E-state index is -0.104. The first kappa shape index (κ1) is 24.1. The van der Waals surface area contributed by atoms with Crippen LogP contribution in [0.5, 0.6) is 5.75 Å². The van der Waals surface area contributed by atoms with Crippen molar-refractivity contribution in [1.29, 1.82) is 0 Å². The van der Waals surface area contributed by atoms with Crippen LogP contribution in [0, 0.1) is 6.92 Å². The third-order valence-corrected chi connectivity index (χ3v) is 6.83. The fraction of sp³-hybridized carbons (Fsp3) is 0.357. The van der Waals surface area contributed by atoms with Gasteiger partial charge in [-0.25, -0.2) is 0 Å². The number of aryl methyl sites for hydroxylation is 1. The predicted octanol–water partition coefficient (Wildman–Crippen LogP) is 3.73. The van der Waals surface area contributed by atoms with Gasteiger partial charge in [-0.05, 0) is 49.7 Å². The normalized spacial score (nSPS) is 17.3. The number of rotatable bonds is 9. The molecule has 0 aliphatic carbocycles. The predicted molar refractivity (Wildman–Crippen MR) is 143 cm³/mol. The van der Waals surface area contributed by atoms with Crippen LogP contribution in [0.3, 0.4) is 0 Å². The average molecular weight is 487 g/mol. The van der Waals surface area contributed by atoms with Crippen molar-refractivity contribution in [3.63, 3.8) is 0 Å². The van der Waals surface area contributed by atoms with Crippen molar-refractivity contribution in [2.45, 2.75) is 19.8 Å². The van der Waals surface area contributed by atoms with Gasteiger partial charge in [0.05, 0.1) is 17.9 Å². The van der Waals surface area contributed by atoms with Crippen molar-refractivity contribution in [2.75, 3.05) is 57.0 Å².